The minimum Gasteiger partial charge on any atom is -0.479 e. The van der Waals surface area contributed by atoms with Gasteiger partial charge < -0.3 is 19.1 Å². The highest BCUT2D eigenvalue weighted by Gasteiger charge is 2.37. The molecule has 2 aromatic heterocycles. The van der Waals surface area contributed by atoms with Gasteiger partial charge in [-0.1, -0.05) is 0 Å². The van der Waals surface area contributed by atoms with E-state index in [1.165, 1.54) is 0 Å². The Balaban J connectivity index is 1.40. The summed E-state index contributed by atoms with van der Waals surface area (Å²) in [7, 11) is 0. The maximum absolute atomic E-state index is 12.8. The van der Waals surface area contributed by atoms with E-state index in [4.69, 9.17) is 9.84 Å². The Morgan fingerprint density at radius 1 is 1.08 bits per heavy atom. The fourth-order valence-corrected chi connectivity index (χ4v) is 3.82. The quantitative estimate of drug-likeness (QED) is 0.899. The molecular formula is C17H20N4O4. The molecule has 1 amide bonds. The number of rotatable bonds is 3. The molecule has 2 atom stereocenters. The molecule has 0 aromatic carbocycles. The summed E-state index contributed by atoms with van der Waals surface area (Å²) in [4.78, 5) is 34.0. The fourth-order valence-electron chi connectivity index (χ4n) is 3.82. The number of ether oxygens (including phenoxy) is 1. The van der Waals surface area contributed by atoms with Crippen LogP contribution in [0.2, 0.25) is 0 Å². The van der Waals surface area contributed by atoms with Crippen LogP contribution in [0.15, 0.2) is 24.8 Å². The van der Waals surface area contributed by atoms with Crippen LogP contribution >= 0.6 is 0 Å². The van der Waals surface area contributed by atoms with Gasteiger partial charge in [0.15, 0.2) is 17.4 Å². The van der Waals surface area contributed by atoms with Crippen molar-refractivity contribution in [3.8, 4) is 0 Å². The molecule has 0 bridgehead atoms. The van der Waals surface area contributed by atoms with Gasteiger partial charge >= 0.3 is 5.97 Å². The van der Waals surface area contributed by atoms with Crippen LogP contribution in [0.3, 0.4) is 0 Å². The SMILES string of the molecule is O=C(O)[C@H]1CC[C@@H](C2CCN(C(=O)c3nccn4ccnc34)CC2)O1. The predicted octanol–water partition coefficient (Wildman–Crippen LogP) is 1.21. The number of nitrogens with zero attached hydrogens (tertiary/aromatic N) is 4. The largest absolute Gasteiger partial charge is 0.479 e. The number of aromatic nitrogens is 3. The number of imidazole rings is 1. The van der Waals surface area contributed by atoms with E-state index < -0.39 is 12.1 Å². The zero-order valence-electron chi connectivity index (χ0n) is 13.7. The third kappa shape index (κ3) is 2.97. The van der Waals surface area contributed by atoms with Gasteiger partial charge in [0, 0.05) is 37.9 Å². The van der Waals surface area contributed by atoms with Gasteiger partial charge in [-0.15, -0.1) is 0 Å². The molecule has 2 aromatic rings. The molecule has 8 heteroatoms. The lowest BCUT2D eigenvalue weighted by Crippen LogP contribution is -2.41. The second kappa shape index (κ2) is 6.44. The van der Waals surface area contributed by atoms with Crippen LogP contribution in [0.25, 0.3) is 5.65 Å². The molecule has 132 valence electrons. The third-order valence-corrected chi connectivity index (χ3v) is 5.19. The van der Waals surface area contributed by atoms with Crippen molar-refractivity contribution in [3.05, 3.63) is 30.5 Å². The van der Waals surface area contributed by atoms with E-state index in [0.717, 1.165) is 19.3 Å². The minimum atomic E-state index is -0.881. The molecule has 0 saturated carbocycles. The molecule has 0 unspecified atom stereocenters. The van der Waals surface area contributed by atoms with Crippen molar-refractivity contribution in [2.24, 2.45) is 5.92 Å². The number of fused-ring (bicyclic) bond motifs is 1. The summed E-state index contributed by atoms with van der Waals surface area (Å²) in [6, 6.07) is 0. The van der Waals surface area contributed by atoms with Gasteiger partial charge in [0.2, 0.25) is 0 Å². The molecule has 0 aliphatic carbocycles. The first-order valence-electron chi connectivity index (χ1n) is 8.58. The Kier molecular flexibility index (Phi) is 4.12. The predicted molar refractivity (Wildman–Crippen MR) is 87.1 cm³/mol. The average Bonchev–Trinajstić information content (AvgIpc) is 3.30. The number of amides is 1. The Hall–Kier alpha value is -2.48. The standard InChI is InChI=1S/C17H20N4O4/c22-16(14-15-19-6-10-20(15)9-5-18-14)21-7-3-11(4-8-21)12-1-2-13(25-12)17(23)24/h5-6,9-13H,1-4,7-8H2,(H,23,24)/t12-,13+/m0/s1. The van der Waals surface area contributed by atoms with E-state index >= 15 is 0 Å². The topological polar surface area (TPSA) is 97.0 Å². The number of carbonyl (C=O) groups excluding carboxylic acids is 1. The van der Waals surface area contributed by atoms with Crippen LogP contribution in [0.1, 0.15) is 36.2 Å². The van der Waals surface area contributed by atoms with Gasteiger partial charge in [0.25, 0.3) is 5.91 Å². The van der Waals surface area contributed by atoms with E-state index in [0.29, 0.717) is 36.8 Å². The average molecular weight is 344 g/mol. The van der Waals surface area contributed by atoms with E-state index in [2.05, 4.69) is 9.97 Å². The third-order valence-electron chi connectivity index (χ3n) is 5.19. The van der Waals surface area contributed by atoms with Gasteiger partial charge in [-0.05, 0) is 31.6 Å². The van der Waals surface area contributed by atoms with Crippen LogP contribution in [-0.4, -0.2) is 61.5 Å². The highest BCUT2D eigenvalue weighted by Crippen LogP contribution is 2.32. The second-order valence-corrected chi connectivity index (χ2v) is 6.64. The van der Waals surface area contributed by atoms with E-state index in [-0.39, 0.29) is 12.0 Å². The van der Waals surface area contributed by atoms with Crippen LogP contribution in [-0.2, 0) is 9.53 Å². The summed E-state index contributed by atoms with van der Waals surface area (Å²) < 4.78 is 7.44. The van der Waals surface area contributed by atoms with Crippen molar-refractivity contribution in [2.45, 2.75) is 37.9 Å². The first-order chi connectivity index (χ1) is 12.1. The number of hydrogen-bond donors (Lipinski definition) is 1. The summed E-state index contributed by atoms with van der Waals surface area (Å²) >= 11 is 0. The number of likely N-dealkylation sites (tertiary alicyclic amines) is 1. The molecule has 2 aliphatic rings. The monoisotopic (exact) mass is 344 g/mol. The fraction of sp³-hybridized carbons (Fsp3) is 0.529. The molecule has 0 radical (unpaired) electrons. The van der Waals surface area contributed by atoms with Crippen LogP contribution < -0.4 is 0 Å². The molecule has 2 fully saturated rings. The zero-order valence-corrected chi connectivity index (χ0v) is 13.7. The number of hydrogen-bond acceptors (Lipinski definition) is 5. The maximum Gasteiger partial charge on any atom is 0.332 e. The van der Waals surface area contributed by atoms with Crippen LogP contribution in [0, 0.1) is 5.92 Å². The van der Waals surface area contributed by atoms with Gasteiger partial charge in [-0.2, -0.15) is 0 Å². The van der Waals surface area contributed by atoms with Crippen molar-refractivity contribution in [1.29, 1.82) is 0 Å². The summed E-state index contributed by atoms with van der Waals surface area (Å²) in [5.74, 6) is -0.677. The lowest BCUT2D eigenvalue weighted by Gasteiger charge is -2.34. The molecule has 4 rings (SSSR count). The Labute approximate surface area is 144 Å². The lowest BCUT2D eigenvalue weighted by molar-refractivity contribution is -0.150. The Morgan fingerprint density at radius 3 is 2.48 bits per heavy atom. The zero-order chi connectivity index (χ0) is 17.4. The smallest absolute Gasteiger partial charge is 0.332 e. The van der Waals surface area contributed by atoms with Crippen LogP contribution in [0.4, 0.5) is 0 Å². The van der Waals surface area contributed by atoms with Crippen molar-refractivity contribution in [3.63, 3.8) is 0 Å². The van der Waals surface area contributed by atoms with E-state index in [1.54, 1.807) is 34.1 Å². The molecule has 4 heterocycles. The summed E-state index contributed by atoms with van der Waals surface area (Å²) in [5.41, 5.74) is 0.937. The summed E-state index contributed by atoms with van der Waals surface area (Å²) in [6.45, 7) is 1.26. The molecular weight excluding hydrogens is 324 g/mol. The minimum absolute atomic E-state index is 0.00722. The van der Waals surface area contributed by atoms with Crippen molar-refractivity contribution in [1.82, 2.24) is 19.3 Å². The number of carbonyl (C=O) groups is 2. The van der Waals surface area contributed by atoms with Crippen molar-refractivity contribution in [2.75, 3.05) is 13.1 Å². The van der Waals surface area contributed by atoms with Crippen LogP contribution in [0.5, 0.6) is 0 Å². The molecule has 2 saturated heterocycles. The van der Waals surface area contributed by atoms with Crippen molar-refractivity contribution < 1.29 is 19.4 Å². The number of piperidine rings is 1. The molecule has 1 N–H and O–H groups in total. The maximum atomic E-state index is 12.8. The van der Waals surface area contributed by atoms with Crippen molar-refractivity contribution >= 4 is 17.5 Å². The second-order valence-electron chi connectivity index (χ2n) is 6.64. The number of carboxylic acid groups (broad SMARTS) is 1. The first-order valence-corrected chi connectivity index (χ1v) is 8.58. The van der Waals surface area contributed by atoms with E-state index in [1.807, 2.05) is 0 Å². The highest BCUT2D eigenvalue weighted by atomic mass is 16.5. The Bertz CT molecular complexity index is 797. The molecule has 8 nitrogen and oxygen atoms in total. The molecule has 25 heavy (non-hydrogen) atoms. The normalized spacial score (nSPS) is 24.7. The van der Waals surface area contributed by atoms with Gasteiger partial charge in [-0.3, -0.25) is 4.79 Å². The van der Waals surface area contributed by atoms with E-state index in [9.17, 15) is 9.59 Å². The van der Waals surface area contributed by atoms with Gasteiger partial charge in [0.1, 0.15) is 0 Å². The highest BCUT2D eigenvalue weighted by molar-refractivity contribution is 5.97. The Morgan fingerprint density at radius 2 is 1.80 bits per heavy atom. The number of aliphatic carboxylic acids is 1. The molecule has 0 spiro atoms. The first kappa shape index (κ1) is 16.0. The summed E-state index contributed by atoms with van der Waals surface area (Å²) in [6.07, 6.45) is 9.12. The molecule has 2 aliphatic heterocycles. The van der Waals surface area contributed by atoms with Gasteiger partial charge in [0.05, 0.1) is 6.10 Å². The lowest BCUT2D eigenvalue weighted by atomic mass is 9.89. The summed E-state index contributed by atoms with van der Waals surface area (Å²) in [5, 5.41) is 9.05. The number of carboxylic acids is 1. The van der Waals surface area contributed by atoms with Gasteiger partial charge in [-0.25, -0.2) is 14.8 Å².